The molecule has 2 aliphatic heterocycles. The maximum absolute atomic E-state index is 10.3. The van der Waals surface area contributed by atoms with Gasteiger partial charge >= 0.3 is 0 Å². The molecule has 0 radical (unpaired) electrons. The van der Waals surface area contributed by atoms with Gasteiger partial charge in [-0.1, -0.05) is 50.5 Å². The van der Waals surface area contributed by atoms with Crippen LogP contribution >= 0.6 is 0 Å². The van der Waals surface area contributed by atoms with Crippen LogP contribution in [-0.2, 0) is 4.74 Å². The zero-order valence-electron chi connectivity index (χ0n) is 22.5. The first kappa shape index (κ1) is 23.7. The minimum Gasteiger partial charge on any atom is -0.389 e. The van der Waals surface area contributed by atoms with E-state index >= 15 is 0 Å². The molecule has 4 aliphatic carbocycles. The highest BCUT2D eigenvalue weighted by Crippen LogP contribution is 2.64. The van der Waals surface area contributed by atoms with Gasteiger partial charge in [-0.3, -0.25) is 4.90 Å². The van der Waals surface area contributed by atoms with E-state index in [4.69, 9.17) is 4.74 Å². The van der Waals surface area contributed by atoms with Crippen molar-refractivity contribution in [3.8, 4) is 0 Å². The van der Waals surface area contributed by atoms with Crippen molar-refractivity contribution in [3.05, 3.63) is 22.8 Å². The van der Waals surface area contributed by atoms with Gasteiger partial charge in [0.05, 0.1) is 17.8 Å². The van der Waals surface area contributed by atoms with Crippen LogP contribution in [0.25, 0.3) is 0 Å². The molecule has 3 nitrogen and oxygen atoms in total. The summed E-state index contributed by atoms with van der Waals surface area (Å²) in [6.07, 6.45) is 14.7. The van der Waals surface area contributed by atoms with Crippen molar-refractivity contribution in [3.63, 3.8) is 0 Å². The van der Waals surface area contributed by atoms with Crippen molar-refractivity contribution in [1.82, 2.24) is 4.90 Å². The Morgan fingerprint density at radius 3 is 2.79 bits per heavy atom. The first-order chi connectivity index (χ1) is 16.3. The normalized spacial score (nSPS) is 50.9. The molecular weight excluding hydrogens is 418 g/mol. The number of ether oxygens (including phenoxy) is 1. The summed E-state index contributed by atoms with van der Waals surface area (Å²) in [5.74, 6) is 3.78. The van der Waals surface area contributed by atoms with Gasteiger partial charge in [-0.15, -0.1) is 0 Å². The molecule has 10 atom stereocenters. The highest BCUT2D eigenvalue weighted by Gasteiger charge is 2.59. The lowest BCUT2D eigenvalue weighted by atomic mass is 9.56. The van der Waals surface area contributed by atoms with Gasteiger partial charge in [0, 0.05) is 18.5 Å². The smallest absolute Gasteiger partial charge is 0.0765 e. The Bertz CT molecular complexity index is 877. The molecule has 190 valence electrons. The number of fused-ring (bicyclic) bond motifs is 6. The van der Waals surface area contributed by atoms with Crippen LogP contribution in [0, 0.1) is 35.0 Å². The standard InChI is InChI=1S/C31H49NO2/c1-6-13-32-18-19(2)14-28-29(32)21(4)31(34-28)12-10-24-25-8-7-22-15-23(33)9-11-30(22,5)27(25)16-26(24)20(3)17-31/h15,19,21,23-25,27-29,33H,6-14,16-18H2,1-5H3/t19-,21+,23-,24-,25-,27-,28+,29-,30-,31-/m0/s1. The quantitative estimate of drug-likeness (QED) is 0.470. The van der Waals surface area contributed by atoms with Crippen molar-refractivity contribution < 1.29 is 9.84 Å². The summed E-state index contributed by atoms with van der Waals surface area (Å²) < 4.78 is 7.21. The van der Waals surface area contributed by atoms with E-state index in [0.717, 1.165) is 30.1 Å². The third-order valence-corrected chi connectivity index (χ3v) is 11.8. The molecular formula is C31H49NO2. The highest BCUT2D eigenvalue weighted by molar-refractivity contribution is 5.33. The summed E-state index contributed by atoms with van der Waals surface area (Å²) in [4.78, 5) is 2.80. The molecule has 2 heterocycles. The van der Waals surface area contributed by atoms with Crippen LogP contribution in [0.1, 0.15) is 98.8 Å². The number of piperidine rings is 1. The van der Waals surface area contributed by atoms with Crippen molar-refractivity contribution in [2.75, 3.05) is 13.1 Å². The van der Waals surface area contributed by atoms with Crippen LogP contribution < -0.4 is 0 Å². The Balaban J connectivity index is 1.28. The lowest BCUT2D eigenvalue weighted by Gasteiger charge is -2.49. The maximum Gasteiger partial charge on any atom is 0.0765 e. The van der Waals surface area contributed by atoms with Crippen LogP contribution in [0.5, 0.6) is 0 Å². The Kier molecular flexibility index (Phi) is 5.90. The van der Waals surface area contributed by atoms with Gasteiger partial charge in [-0.25, -0.2) is 0 Å². The van der Waals surface area contributed by atoms with Gasteiger partial charge in [0.15, 0.2) is 0 Å². The second-order valence-corrected chi connectivity index (χ2v) is 13.7. The van der Waals surface area contributed by atoms with Gasteiger partial charge in [-0.2, -0.15) is 0 Å². The number of nitrogens with zero attached hydrogens (tertiary/aromatic N) is 1. The molecule has 2 saturated carbocycles. The molecule has 6 aliphatic rings. The molecule has 2 saturated heterocycles. The van der Waals surface area contributed by atoms with Crippen molar-refractivity contribution in [2.45, 2.75) is 123 Å². The van der Waals surface area contributed by atoms with Gasteiger partial charge < -0.3 is 9.84 Å². The van der Waals surface area contributed by atoms with Crippen molar-refractivity contribution >= 4 is 0 Å². The van der Waals surface area contributed by atoms with E-state index in [9.17, 15) is 5.11 Å². The number of hydrogen-bond donors (Lipinski definition) is 1. The first-order valence-corrected chi connectivity index (χ1v) is 14.8. The van der Waals surface area contributed by atoms with Crippen molar-refractivity contribution in [2.24, 2.45) is 35.0 Å². The third kappa shape index (κ3) is 3.46. The SMILES string of the molecule is CCCN1C[C@@H](C)C[C@H]2O[C@]3(CC[C@@H]4C(=C(C)C3)C[C@H]3[C@H]4CCC4=C[C@@H](O)CC[C@@]43C)[C@H](C)[C@@H]21. The molecule has 0 amide bonds. The fourth-order valence-corrected chi connectivity index (χ4v) is 10.2. The maximum atomic E-state index is 10.3. The lowest BCUT2D eigenvalue weighted by molar-refractivity contribution is -0.0793. The molecule has 0 aromatic carbocycles. The number of allylic oxidation sites excluding steroid dienone is 2. The average molecular weight is 468 g/mol. The number of aliphatic hydroxyl groups excluding tert-OH is 1. The molecule has 34 heavy (non-hydrogen) atoms. The third-order valence-electron chi connectivity index (χ3n) is 11.8. The fourth-order valence-electron chi connectivity index (χ4n) is 10.2. The predicted molar refractivity (Wildman–Crippen MR) is 139 cm³/mol. The minimum absolute atomic E-state index is 0.0564. The zero-order valence-corrected chi connectivity index (χ0v) is 22.5. The van der Waals surface area contributed by atoms with Gasteiger partial charge in [-0.05, 0) is 107 Å². The highest BCUT2D eigenvalue weighted by atomic mass is 16.5. The molecule has 0 aromatic rings. The number of likely N-dealkylation sites (tertiary alicyclic amines) is 1. The number of rotatable bonds is 2. The summed E-state index contributed by atoms with van der Waals surface area (Å²) >= 11 is 0. The first-order valence-electron chi connectivity index (χ1n) is 14.8. The Labute approximate surface area is 208 Å². The zero-order chi connectivity index (χ0) is 23.8. The summed E-state index contributed by atoms with van der Waals surface area (Å²) in [7, 11) is 0. The van der Waals surface area contributed by atoms with E-state index in [1.165, 1.54) is 70.9 Å². The van der Waals surface area contributed by atoms with Gasteiger partial charge in [0.25, 0.3) is 0 Å². The molecule has 0 bridgehead atoms. The summed E-state index contributed by atoms with van der Waals surface area (Å²) in [5, 5.41) is 10.3. The van der Waals surface area contributed by atoms with Crippen LogP contribution in [-0.4, -0.2) is 46.9 Å². The summed E-state index contributed by atoms with van der Waals surface area (Å²) in [5.41, 5.74) is 5.47. The fraction of sp³-hybridized carbons (Fsp3) is 0.871. The molecule has 6 rings (SSSR count). The molecule has 1 N–H and O–H groups in total. The van der Waals surface area contributed by atoms with E-state index in [1.54, 1.807) is 11.1 Å². The van der Waals surface area contributed by atoms with Crippen LogP contribution in [0.3, 0.4) is 0 Å². The molecule has 3 heteroatoms. The van der Waals surface area contributed by atoms with Crippen LogP contribution in [0.15, 0.2) is 22.8 Å². The molecule has 0 unspecified atom stereocenters. The Morgan fingerprint density at radius 2 is 2.00 bits per heavy atom. The van der Waals surface area contributed by atoms with E-state index in [0.29, 0.717) is 23.5 Å². The van der Waals surface area contributed by atoms with E-state index in [-0.39, 0.29) is 11.7 Å². The molecule has 4 fully saturated rings. The second-order valence-electron chi connectivity index (χ2n) is 13.7. The second kappa shape index (κ2) is 8.45. The van der Waals surface area contributed by atoms with E-state index in [2.05, 4.69) is 45.6 Å². The van der Waals surface area contributed by atoms with Crippen LogP contribution in [0.2, 0.25) is 0 Å². The van der Waals surface area contributed by atoms with E-state index < -0.39 is 0 Å². The van der Waals surface area contributed by atoms with Crippen molar-refractivity contribution in [1.29, 1.82) is 0 Å². The van der Waals surface area contributed by atoms with Crippen LogP contribution in [0.4, 0.5) is 0 Å². The summed E-state index contributed by atoms with van der Waals surface area (Å²) in [6.45, 7) is 14.8. The van der Waals surface area contributed by atoms with Gasteiger partial charge in [0.1, 0.15) is 0 Å². The Morgan fingerprint density at radius 1 is 1.18 bits per heavy atom. The van der Waals surface area contributed by atoms with E-state index in [1.807, 2.05) is 5.57 Å². The molecule has 1 spiro atoms. The lowest BCUT2D eigenvalue weighted by Crippen LogP contribution is -2.52. The Hall–Kier alpha value is -0.640. The topological polar surface area (TPSA) is 32.7 Å². The van der Waals surface area contributed by atoms with Gasteiger partial charge in [0.2, 0.25) is 0 Å². The summed E-state index contributed by atoms with van der Waals surface area (Å²) in [6, 6.07) is 0.620. The predicted octanol–water partition coefficient (Wildman–Crippen LogP) is 6.51. The average Bonchev–Trinajstić information content (AvgIpc) is 3.25. The monoisotopic (exact) mass is 467 g/mol. The number of aliphatic hydroxyl groups is 1. The number of hydrogen-bond acceptors (Lipinski definition) is 3. The molecule has 0 aromatic heterocycles. The minimum atomic E-state index is -0.202. The largest absolute Gasteiger partial charge is 0.389 e.